The van der Waals surface area contributed by atoms with Crippen molar-refractivity contribution in [3.63, 3.8) is 0 Å². The molecule has 4 atom stereocenters. The Balaban J connectivity index is 0.00000675. The molecule has 1 aromatic heterocycles. The van der Waals surface area contributed by atoms with Crippen molar-refractivity contribution in [1.29, 1.82) is 0 Å². The minimum Gasteiger partial charge on any atom is -0.480 e. The Morgan fingerprint density at radius 3 is 2.43 bits per heavy atom. The van der Waals surface area contributed by atoms with E-state index in [1.165, 1.54) is 17.9 Å². The maximum Gasteiger partial charge on any atom is 0.322 e. The molecule has 0 spiro atoms. The molecule has 0 bridgehead atoms. The first-order valence-corrected chi connectivity index (χ1v) is 14.1. The largest absolute Gasteiger partial charge is 0.480 e. The lowest BCUT2D eigenvalue weighted by Crippen LogP contribution is -2.59. The number of amides is 2. The molecule has 1 aliphatic heterocycles. The Morgan fingerprint density at radius 2 is 1.84 bits per heavy atom. The van der Waals surface area contributed by atoms with E-state index in [0.717, 1.165) is 11.5 Å². The van der Waals surface area contributed by atoms with Crippen LogP contribution in [0.5, 0.6) is 0 Å². The lowest BCUT2D eigenvalue weighted by Gasteiger charge is -2.34. The highest BCUT2D eigenvalue weighted by molar-refractivity contribution is 5.92. The third kappa shape index (κ3) is 8.70. The van der Waals surface area contributed by atoms with Gasteiger partial charge in [-0.25, -0.2) is 8.78 Å². The Hall–Kier alpha value is -3.68. The lowest BCUT2D eigenvalue weighted by atomic mass is 9.89. The number of carbonyl (C=O) groups excluding carboxylic acids is 3. The number of nitrogens with two attached hydrogens (primary N) is 1. The molecule has 5 N–H and O–H groups in total. The number of carboxylic acids is 1. The topological polar surface area (TPSA) is 164 Å². The van der Waals surface area contributed by atoms with Crippen LogP contribution in [0.25, 0.3) is 17.0 Å². The Morgan fingerprint density at radius 1 is 1.18 bits per heavy atom. The highest BCUT2D eigenvalue weighted by atomic mass is 35.5. The van der Waals surface area contributed by atoms with Crippen molar-refractivity contribution in [1.82, 2.24) is 20.5 Å². The second-order valence-electron chi connectivity index (χ2n) is 11.2. The smallest absolute Gasteiger partial charge is 0.322 e. The number of pyridine rings is 1. The highest BCUT2D eigenvalue weighted by Gasteiger charge is 2.42. The number of alkyl halides is 2. The van der Waals surface area contributed by atoms with E-state index < -0.39 is 66.6 Å². The molecule has 0 radical (unpaired) electrons. The average Bonchev–Trinajstić information content (AvgIpc) is 2.99. The fourth-order valence-electron chi connectivity index (χ4n) is 4.54. The van der Waals surface area contributed by atoms with E-state index in [1.54, 1.807) is 39.0 Å². The number of aliphatic carboxylic acids is 1. The maximum absolute atomic E-state index is 14.3. The van der Waals surface area contributed by atoms with Gasteiger partial charge >= 0.3 is 11.9 Å². The first kappa shape index (κ1) is 36.5. The van der Waals surface area contributed by atoms with Gasteiger partial charge in [-0.1, -0.05) is 44.2 Å². The number of nitrogens with zero attached hydrogens (tertiary/aromatic N) is 2. The number of esters is 1. The maximum atomic E-state index is 14.3. The summed E-state index contributed by atoms with van der Waals surface area (Å²) < 4.78 is 34.0. The van der Waals surface area contributed by atoms with Crippen molar-refractivity contribution in [2.45, 2.75) is 51.9 Å². The summed E-state index contributed by atoms with van der Waals surface area (Å²) >= 11 is 0. The number of benzene rings is 1. The minimum atomic E-state index is -2.31. The molecule has 1 aromatic carbocycles. The third-order valence-corrected chi connectivity index (χ3v) is 7.29. The molecule has 1 saturated heterocycles. The van der Waals surface area contributed by atoms with Crippen molar-refractivity contribution in [2.75, 3.05) is 33.0 Å². The molecule has 44 heavy (non-hydrogen) atoms. The van der Waals surface area contributed by atoms with Crippen LogP contribution in [0, 0.1) is 11.3 Å². The van der Waals surface area contributed by atoms with Gasteiger partial charge < -0.3 is 31.1 Å². The quantitative estimate of drug-likeness (QED) is 0.256. The van der Waals surface area contributed by atoms with E-state index in [0.29, 0.717) is 16.8 Å². The van der Waals surface area contributed by atoms with Crippen LogP contribution >= 0.6 is 12.4 Å². The van der Waals surface area contributed by atoms with Crippen LogP contribution in [0.2, 0.25) is 0 Å². The first-order valence-electron chi connectivity index (χ1n) is 14.1. The van der Waals surface area contributed by atoms with E-state index in [4.69, 9.17) is 10.5 Å². The monoisotopic (exact) mass is 639 g/mol. The normalized spacial score (nSPS) is 17.5. The van der Waals surface area contributed by atoms with Crippen LogP contribution in [0.15, 0.2) is 36.4 Å². The summed E-state index contributed by atoms with van der Waals surface area (Å²) in [6, 6.07) is 6.56. The van der Waals surface area contributed by atoms with Gasteiger partial charge in [0.2, 0.25) is 5.91 Å². The summed E-state index contributed by atoms with van der Waals surface area (Å²) in [7, 11) is 0. The van der Waals surface area contributed by atoms with Crippen molar-refractivity contribution < 1.29 is 37.8 Å². The number of fused-ring (bicyclic) bond motifs is 1. The zero-order valence-corrected chi connectivity index (χ0v) is 25.9. The summed E-state index contributed by atoms with van der Waals surface area (Å²) in [4.78, 5) is 56.3. The molecule has 2 amide bonds. The number of nitrogens with one attached hydrogen (secondary N) is 2. The molecule has 11 nitrogen and oxygen atoms in total. The molecular formula is C30H40ClF2N5O6. The number of carbonyl (C=O) groups is 4. The molecule has 2 aromatic rings. The SMILES string of the molecule is CC(C)[C@H](OC(=O)C(/C=C/c1ccc2ccc([C@@H](C)N)nc2c1)(CF)CF)C(=O)N[C@@H](C)C(=O)N1CCN[C@H](C(=O)O)C1.Cl. The first-order chi connectivity index (χ1) is 20.3. The van der Waals surface area contributed by atoms with Crippen molar-refractivity contribution in [2.24, 2.45) is 17.1 Å². The van der Waals surface area contributed by atoms with E-state index in [9.17, 15) is 33.1 Å². The zero-order valence-electron chi connectivity index (χ0n) is 25.1. The highest BCUT2D eigenvalue weighted by Crippen LogP contribution is 2.27. The van der Waals surface area contributed by atoms with Gasteiger partial charge in [-0.3, -0.25) is 24.2 Å². The fraction of sp³-hybridized carbons (Fsp3) is 0.500. The van der Waals surface area contributed by atoms with Gasteiger partial charge in [0.05, 0.1) is 11.2 Å². The summed E-state index contributed by atoms with van der Waals surface area (Å²) in [5.74, 6) is -4.32. The molecule has 0 saturated carbocycles. The number of halogens is 3. The molecule has 14 heteroatoms. The average molecular weight is 640 g/mol. The van der Waals surface area contributed by atoms with Crippen LogP contribution in [0.4, 0.5) is 8.78 Å². The second kappa shape index (κ2) is 15.9. The van der Waals surface area contributed by atoms with Crippen molar-refractivity contribution >= 4 is 53.1 Å². The van der Waals surface area contributed by atoms with Gasteiger partial charge in [0, 0.05) is 31.1 Å². The van der Waals surface area contributed by atoms with Crippen molar-refractivity contribution in [3.8, 4) is 0 Å². The van der Waals surface area contributed by atoms with E-state index in [-0.39, 0.29) is 38.1 Å². The predicted molar refractivity (Wildman–Crippen MR) is 163 cm³/mol. The predicted octanol–water partition coefficient (Wildman–Crippen LogP) is 2.57. The number of ether oxygens (including phenoxy) is 1. The Bertz CT molecular complexity index is 1370. The number of aromatic nitrogens is 1. The van der Waals surface area contributed by atoms with E-state index >= 15 is 0 Å². The molecule has 1 fully saturated rings. The van der Waals surface area contributed by atoms with Crippen LogP contribution in [-0.2, 0) is 23.9 Å². The van der Waals surface area contributed by atoms with Gasteiger partial charge in [0.25, 0.3) is 5.91 Å². The number of carboxylic acid groups (broad SMARTS) is 1. The number of rotatable bonds is 12. The van der Waals surface area contributed by atoms with Crippen molar-refractivity contribution in [3.05, 3.63) is 47.7 Å². The fourth-order valence-corrected chi connectivity index (χ4v) is 4.54. The molecule has 3 rings (SSSR count). The van der Waals surface area contributed by atoms with Gasteiger partial charge in [-0.15, -0.1) is 12.4 Å². The summed E-state index contributed by atoms with van der Waals surface area (Å²) in [5.41, 5.74) is 5.43. The van der Waals surface area contributed by atoms with E-state index in [2.05, 4.69) is 15.6 Å². The Kier molecular flexibility index (Phi) is 13.2. The summed E-state index contributed by atoms with van der Waals surface area (Å²) in [5, 5.41) is 15.3. The standard InChI is InChI=1S/C30H39F2N5O6.ClH/c1-17(2)25(26(38)35-19(4)27(39)37-12-11-34-24(14-37)28(40)41)43-29(42)30(15-31,16-32)10-9-20-5-6-21-7-8-22(18(3)33)36-23(21)13-20;/h5-10,13,17-19,24-25,34H,11-12,14-16,33H2,1-4H3,(H,35,38)(H,40,41);1H/b10-9+;/t18-,19+,24+,25+;/m1./s1. The third-order valence-electron chi connectivity index (χ3n) is 7.29. The van der Waals surface area contributed by atoms with Crippen LogP contribution in [0.1, 0.15) is 45.0 Å². The molecule has 0 aliphatic carbocycles. The summed E-state index contributed by atoms with van der Waals surface area (Å²) in [6.45, 7) is 3.96. The van der Waals surface area contributed by atoms with Crippen LogP contribution in [0.3, 0.4) is 0 Å². The van der Waals surface area contributed by atoms with Gasteiger partial charge in [0.15, 0.2) is 6.10 Å². The molecule has 242 valence electrons. The Labute approximate surface area is 261 Å². The second-order valence-corrected chi connectivity index (χ2v) is 11.2. The number of piperazine rings is 1. The van der Waals surface area contributed by atoms with Crippen LogP contribution < -0.4 is 16.4 Å². The number of hydrogen-bond donors (Lipinski definition) is 4. The zero-order chi connectivity index (χ0) is 31.9. The molecule has 1 aliphatic rings. The molecule has 0 unspecified atom stereocenters. The van der Waals surface area contributed by atoms with E-state index in [1.807, 2.05) is 12.1 Å². The lowest BCUT2D eigenvalue weighted by molar-refractivity contribution is -0.168. The molecule has 2 heterocycles. The van der Waals surface area contributed by atoms with Gasteiger partial charge in [-0.2, -0.15) is 0 Å². The van der Waals surface area contributed by atoms with Gasteiger partial charge in [-0.05, 0) is 37.5 Å². The van der Waals surface area contributed by atoms with Gasteiger partial charge in [0.1, 0.15) is 30.8 Å². The minimum absolute atomic E-state index is 0. The molecular weight excluding hydrogens is 600 g/mol. The summed E-state index contributed by atoms with van der Waals surface area (Å²) in [6.07, 6.45) is 1.02. The number of hydrogen-bond acceptors (Lipinski definition) is 8. The van der Waals surface area contributed by atoms with Crippen LogP contribution in [-0.4, -0.2) is 89.9 Å².